The molecule has 0 bridgehead atoms. The lowest BCUT2D eigenvalue weighted by Crippen LogP contribution is -2.32. The van der Waals surface area contributed by atoms with Gasteiger partial charge in [0.1, 0.15) is 16.9 Å². The molecule has 1 unspecified atom stereocenters. The number of halogens is 1. The van der Waals surface area contributed by atoms with Gasteiger partial charge in [-0.2, -0.15) is 0 Å². The summed E-state index contributed by atoms with van der Waals surface area (Å²) in [5.74, 6) is 1.78. The predicted octanol–water partition coefficient (Wildman–Crippen LogP) is 1.78. The largest absolute Gasteiger partial charge is 0.348 e. The van der Waals surface area contributed by atoms with Crippen LogP contribution in [-0.2, 0) is 0 Å². The van der Waals surface area contributed by atoms with E-state index in [-0.39, 0.29) is 16.8 Å². The van der Waals surface area contributed by atoms with Gasteiger partial charge in [0, 0.05) is 12.5 Å². The van der Waals surface area contributed by atoms with Gasteiger partial charge in [-0.1, -0.05) is 11.6 Å². The first kappa shape index (κ1) is 13.9. The van der Waals surface area contributed by atoms with Crippen molar-refractivity contribution < 1.29 is 9.72 Å². The van der Waals surface area contributed by atoms with E-state index >= 15 is 0 Å². The van der Waals surface area contributed by atoms with Crippen molar-refractivity contribution in [2.24, 2.45) is 0 Å². The minimum atomic E-state index is -0.690. The van der Waals surface area contributed by atoms with E-state index in [0.717, 1.165) is 12.3 Å². The van der Waals surface area contributed by atoms with Crippen LogP contribution < -0.4 is 5.32 Å². The fourth-order valence-corrected chi connectivity index (χ4v) is 1.44. The van der Waals surface area contributed by atoms with Gasteiger partial charge in [0.25, 0.3) is 11.6 Å². The summed E-state index contributed by atoms with van der Waals surface area (Å²) in [6.07, 6.45) is 6.38. The van der Waals surface area contributed by atoms with E-state index in [0.29, 0.717) is 6.42 Å². The van der Waals surface area contributed by atoms with Crippen LogP contribution in [0.3, 0.4) is 0 Å². The molecule has 1 atom stereocenters. The number of carbonyl (C=O) groups is 1. The third-order valence-corrected chi connectivity index (χ3v) is 2.30. The number of hydrogen-bond acceptors (Lipinski definition) is 4. The molecule has 0 fully saturated rings. The zero-order valence-corrected chi connectivity index (χ0v) is 10.3. The summed E-state index contributed by atoms with van der Waals surface area (Å²) >= 11 is 5.62. The topological polar surface area (TPSA) is 85.1 Å². The number of nitrogens with one attached hydrogen (secondary N) is 1. The SMILES string of the molecule is C#CCC(C)NC(=O)c1cc(Cl)ncc1[N+](=O)[O-]. The maximum absolute atomic E-state index is 11.8. The molecule has 0 saturated carbocycles. The summed E-state index contributed by atoms with van der Waals surface area (Å²) in [5.41, 5.74) is -0.534. The number of rotatable bonds is 4. The van der Waals surface area contributed by atoms with Crippen molar-refractivity contribution in [1.29, 1.82) is 0 Å². The van der Waals surface area contributed by atoms with Crippen LogP contribution in [0.4, 0.5) is 5.69 Å². The average molecular weight is 268 g/mol. The maximum atomic E-state index is 11.8. The second-order valence-corrected chi connectivity index (χ2v) is 3.95. The standard InChI is InChI=1S/C11H10ClN3O3/c1-3-4-7(2)14-11(16)8-5-10(12)13-6-9(8)15(17)18/h1,5-7H,4H2,2H3,(H,14,16). The molecule has 6 nitrogen and oxygen atoms in total. The Labute approximate surface area is 109 Å². The van der Waals surface area contributed by atoms with Gasteiger partial charge >= 0.3 is 0 Å². The number of hydrogen-bond donors (Lipinski definition) is 1. The minimum absolute atomic E-state index is 0.00959. The molecule has 0 aliphatic heterocycles. The van der Waals surface area contributed by atoms with Crippen LogP contribution in [0.1, 0.15) is 23.7 Å². The van der Waals surface area contributed by atoms with Crippen LogP contribution in [0, 0.1) is 22.5 Å². The first-order valence-electron chi connectivity index (χ1n) is 5.00. The van der Waals surface area contributed by atoms with E-state index in [1.54, 1.807) is 6.92 Å². The van der Waals surface area contributed by atoms with E-state index in [1.807, 2.05) is 0 Å². The highest BCUT2D eigenvalue weighted by Gasteiger charge is 2.22. The van der Waals surface area contributed by atoms with Crippen molar-refractivity contribution in [3.05, 3.63) is 33.1 Å². The zero-order valence-electron chi connectivity index (χ0n) is 9.51. The fraction of sp³-hybridized carbons (Fsp3) is 0.273. The smallest absolute Gasteiger partial charge is 0.300 e. The van der Waals surface area contributed by atoms with Crippen LogP contribution in [0.15, 0.2) is 12.3 Å². The second kappa shape index (κ2) is 5.98. The third-order valence-electron chi connectivity index (χ3n) is 2.09. The summed E-state index contributed by atoms with van der Waals surface area (Å²) in [6.45, 7) is 1.70. The van der Waals surface area contributed by atoms with Crippen molar-refractivity contribution in [2.75, 3.05) is 0 Å². The number of aromatic nitrogens is 1. The molecule has 1 aromatic heterocycles. The van der Waals surface area contributed by atoms with E-state index in [2.05, 4.69) is 16.2 Å². The number of nitro groups is 1. The molecule has 1 aromatic rings. The zero-order chi connectivity index (χ0) is 13.7. The van der Waals surface area contributed by atoms with Gasteiger partial charge in [-0.05, 0) is 13.0 Å². The molecule has 0 radical (unpaired) electrons. The van der Waals surface area contributed by atoms with Gasteiger partial charge in [-0.25, -0.2) is 4.98 Å². The molecule has 1 heterocycles. The lowest BCUT2D eigenvalue weighted by molar-refractivity contribution is -0.385. The van der Waals surface area contributed by atoms with Crippen LogP contribution in [-0.4, -0.2) is 21.9 Å². The molecule has 1 rings (SSSR count). The molecule has 0 aliphatic carbocycles. The van der Waals surface area contributed by atoms with Gasteiger partial charge in [-0.15, -0.1) is 12.3 Å². The van der Waals surface area contributed by atoms with Crippen molar-refractivity contribution >= 4 is 23.2 Å². The Hall–Kier alpha value is -2.13. The number of carbonyl (C=O) groups excluding carboxylic acids is 1. The first-order valence-corrected chi connectivity index (χ1v) is 5.37. The van der Waals surface area contributed by atoms with Crippen molar-refractivity contribution in [3.63, 3.8) is 0 Å². The Morgan fingerprint density at radius 3 is 3.00 bits per heavy atom. The van der Waals surface area contributed by atoms with Crippen LogP contribution in [0.5, 0.6) is 0 Å². The van der Waals surface area contributed by atoms with Gasteiger partial charge in [0.15, 0.2) is 0 Å². The Bertz CT molecular complexity index is 525. The molecule has 0 saturated heterocycles. The second-order valence-electron chi connectivity index (χ2n) is 3.56. The Morgan fingerprint density at radius 2 is 2.44 bits per heavy atom. The van der Waals surface area contributed by atoms with Gasteiger partial charge in [0.2, 0.25) is 0 Å². The Balaban J connectivity index is 3.01. The first-order chi connectivity index (χ1) is 8.45. The fourth-order valence-electron chi connectivity index (χ4n) is 1.28. The van der Waals surface area contributed by atoms with E-state index < -0.39 is 16.5 Å². The predicted molar refractivity (Wildman–Crippen MR) is 66.3 cm³/mol. The molecule has 0 spiro atoms. The van der Waals surface area contributed by atoms with E-state index in [1.165, 1.54) is 0 Å². The normalized spacial score (nSPS) is 11.4. The summed E-state index contributed by atoms with van der Waals surface area (Å²) in [6, 6.07) is 0.867. The molecular weight excluding hydrogens is 258 g/mol. The summed E-state index contributed by atoms with van der Waals surface area (Å²) < 4.78 is 0. The third kappa shape index (κ3) is 3.43. The average Bonchev–Trinajstić information content (AvgIpc) is 2.28. The van der Waals surface area contributed by atoms with E-state index in [9.17, 15) is 14.9 Å². The monoisotopic (exact) mass is 267 g/mol. The van der Waals surface area contributed by atoms with Gasteiger partial charge < -0.3 is 5.32 Å². The lowest BCUT2D eigenvalue weighted by Gasteiger charge is -2.10. The number of amides is 1. The molecule has 1 amide bonds. The molecule has 0 aromatic carbocycles. The van der Waals surface area contributed by atoms with Crippen molar-refractivity contribution in [3.8, 4) is 12.3 Å². The van der Waals surface area contributed by atoms with Crippen LogP contribution in [0.2, 0.25) is 5.15 Å². The molecule has 18 heavy (non-hydrogen) atoms. The molecular formula is C11H10ClN3O3. The van der Waals surface area contributed by atoms with Crippen molar-refractivity contribution in [1.82, 2.24) is 10.3 Å². The van der Waals surface area contributed by atoms with Gasteiger partial charge in [0.05, 0.1) is 4.92 Å². The number of pyridine rings is 1. The van der Waals surface area contributed by atoms with Gasteiger partial charge in [-0.3, -0.25) is 14.9 Å². The minimum Gasteiger partial charge on any atom is -0.348 e. The number of nitrogens with zero attached hydrogens (tertiary/aromatic N) is 2. The highest BCUT2D eigenvalue weighted by molar-refractivity contribution is 6.29. The van der Waals surface area contributed by atoms with E-state index in [4.69, 9.17) is 18.0 Å². The molecule has 1 N–H and O–H groups in total. The Kier molecular flexibility index (Phi) is 4.63. The van der Waals surface area contributed by atoms with Crippen LogP contribution in [0.25, 0.3) is 0 Å². The molecule has 0 aliphatic rings. The molecule has 94 valence electrons. The lowest BCUT2D eigenvalue weighted by atomic mass is 10.2. The summed E-state index contributed by atoms with van der Waals surface area (Å²) in [7, 11) is 0. The van der Waals surface area contributed by atoms with Crippen molar-refractivity contribution in [2.45, 2.75) is 19.4 Å². The molecule has 7 heteroatoms. The Morgan fingerprint density at radius 1 is 1.78 bits per heavy atom. The maximum Gasteiger partial charge on any atom is 0.300 e. The highest BCUT2D eigenvalue weighted by Crippen LogP contribution is 2.20. The van der Waals surface area contributed by atoms with Crippen LogP contribution >= 0.6 is 11.6 Å². The summed E-state index contributed by atoms with van der Waals surface area (Å²) in [4.78, 5) is 25.5. The quantitative estimate of drug-likeness (QED) is 0.390. The summed E-state index contributed by atoms with van der Waals surface area (Å²) in [5, 5.41) is 13.3. The highest BCUT2D eigenvalue weighted by atomic mass is 35.5. The number of terminal acetylenes is 1.